The molecule has 1 aromatic heterocycles. The quantitative estimate of drug-likeness (QED) is 0.143. The summed E-state index contributed by atoms with van der Waals surface area (Å²) in [5, 5.41) is 16.8. The number of thiazole rings is 1. The van der Waals surface area contributed by atoms with Gasteiger partial charge in [-0.1, -0.05) is 11.3 Å². The SMILES string of the molecule is COc1ccc2nc(N(/N=C/c3ccc([N+](=O)[O-])cc3)C(=O)c3ccc(S(=O)(=O)N(C)CC4CCCO4)cc3)sc2c1. The Morgan fingerprint density at radius 2 is 1.93 bits per heavy atom. The number of hydrogen-bond donors (Lipinski definition) is 0. The number of amides is 1. The van der Waals surface area contributed by atoms with Crippen molar-refractivity contribution >= 4 is 54.5 Å². The maximum Gasteiger partial charge on any atom is 0.280 e. The van der Waals surface area contributed by atoms with Crippen LogP contribution in [0.1, 0.15) is 28.8 Å². The van der Waals surface area contributed by atoms with Crippen molar-refractivity contribution in [1.29, 1.82) is 0 Å². The molecule has 1 unspecified atom stereocenters. The van der Waals surface area contributed by atoms with Crippen molar-refractivity contribution < 1.29 is 27.6 Å². The van der Waals surface area contributed by atoms with Crippen LogP contribution in [0.2, 0.25) is 0 Å². The molecule has 1 fully saturated rings. The third kappa shape index (κ3) is 6.31. The number of aromatic nitrogens is 1. The lowest BCUT2D eigenvalue weighted by Crippen LogP contribution is -2.34. The van der Waals surface area contributed by atoms with Crippen LogP contribution in [0.5, 0.6) is 5.75 Å². The lowest BCUT2D eigenvalue weighted by atomic mass is 10.2. The number of likely N-dealkylation sites (N-methyl/N-ethyl adjacent to an activating group) is 1. The molecule has 0 N–H and O–H groups in total. The molecule has 0 radical (unpaired) electrons. The van der Waals surface area contributed by atoms with E-state index in [4.69, 9.17) is 9.47 Å². The number of methoxy groups -OCH3 is 1. The average molecular weight is 610 g/mol. The van der Waals surface area contributed by atoms with E-state index in [1.54, 1.807) is 25.3 Å². The van der Waals surface area contributed by atoms with Crippen molar-refractivity contribution in [2.45, 2.75) is 23.8 Å². The summed E-state index contributed by atoms with van der Waals surface area (Å²) in [5.41, 5.74) is 1.27. The highest BCUT2D eigenvalue weighted by Gasteiger charge is 2.27. The normalized spacial score (nSPS) is 15.5. The van der Waals surface area contributed by atoms with Crippen LogP contribution in [0.15, 0.2) is 76.7 Å². The fourth-order valence-corrected chi connectivity index (χ4v) is 6.50. The number of anilines is 1. The van der Waals surface area contributed by atoms with Crippen LogP contribution in [-0.4, -0.2) is 68.2 Å². The molecular formula is C28H27N5O7S2. The third-order valence-corrected chi connectivity index (χ3v) is 9.51. The Morgan fingerprint density at radius 3 is 2.57 bits per heavy atom. The minimum Gasteiger partial charge on any atom is -0.497 e. The summed E-state index contributed by atoms with van der Waals surface area (Å²) >= 11 is 1.22. The van der Waals surface area contributed by atoms with Gasteiger partial charge < -0.3 is 9.47 Å². The molecule has 1 aliphatic rings. The number of hydrogen-bond acceptors (Lipinski definition) is 10. The van der Waals surface area contributed by atoms with Gasteiger partial charge in [-0.2, -0.15) is 14.4 Å². The molecule has 1 aliphatic heterocycles. The minimum absolute atomic E-state index is 0.0487. The molecule has 3 aromatic carbocycles. The summed E-state index contributed by atoms with van der Waals surface area (Å²) in [4.78, 5) is 28.8. The summed E-state index contributed by atoms with van der Waals surface area (Å²) in [7, 11) is -0.733. The van der Waals surface area contributed by atoms with Crippen LogP contribution < -0.4 is 9.75 Å². The predicted octanol–water partition coefficient (Wildman–Crippen LogP) is 4.69. The summed E-state index contributed by atoms with van der Waals surface area (Å²) in [6, 6.07) is 16.7. The van der Waals surface area contributed by atoms with E-state index in [-0.39, 0.29) is 33.9 Å². The van der Waals surface area contributed by atoms with Crippen molar-refractivity contribution in [1.82, 2.24) is 9.29 Å². The van der Waals surface area contributed by atoms with Gasteiger partial charge in [-0.3, -0.25) is 14.9 Å². The third-order valence-electron chi connectivity index (χ3n) is 6.68. The maximum atomic E-state index is 13.7. The Bertz CT molecular complexity index is 1730. The van der Waals surface area contributed by atoms with Gasteiger partial charge in [0.05, 0.1) is 39.5 Å². The van der Waals surface area contributed by atoms with E-state index in [0.717, 1.165) is 22.6 Å². The lowest BCUT2D eigenvalue weighted by molar-refractivity contribution is -0.384. The first-order valence-corrected chi connectivity index (χ1v) is 15.2. The second-order valence-electron chi connectivity index (χ2n) is 9.49. The Labute approximate surface area is 246 Å². The summed E-state index contributed by atoms with van der Waals surface area (Å²) in [6.45, 7) is 0.872. The second-order valence-corrected chi connectivity index (χ2v) is 12.5. The van der Waals surface area contributed by atoms with Gasteiger partial charge in [0.2, 0.25) is 15.2 Å². The number of nitro benzene ring substituents is 1. The zero-order chi connectivity index (χ0) is 29.9. The van der Waals surface area contributed by atoms with E-state index in [1.807, 2.05) is 0 Å². The predicted molar refractivity (Wildman–Crippen MR) is 159 cm³/mol. The molecule has 1 atom stereocenters. The topological polar surface area (TPSA) is 145 Å². The van der Waals surface area contributed by atoms with Crippen molar-refractivity contribution in [3.63, 3.8) is 0 Å². The Hall–Kier alpha value is -4.24. The molecule has 0 spiro atoms. The van der Waals surface area contributed by atoms with Crippen LogP contribution in [0.25, 0.3) is 10.2 Å². The summed E-state index contributed by atoms with van der Waals surface area (Å²) in [6.07, 6.45) is 2.97. The first-order chi connectivity index (χ1) is 20.2. The van der Waals surface area contributed by atoms with E-state index in [9.17, 15) is 23.3 Å². The summed E-state index contributed by atoms with van der Waals surface area (Å²) < 4.78 is 39.1. The molecular weight excluding hydrogens is 582 g/mol. The van der Waals surface area contributed by atoms with E-state index in [0.29, 0.717) is 23.4 Å². The first kappa shape index (κ1) is 29.3. The maximum absolute atomic E-state index is 13.7. The number of sulfonamides is 1. The number of ether oxygens (including phenoxy) is 2. The van der Waals surface area contributed by atoms with Crippen LogP contribution >= 0.6 is 11.3 Å². The molecule has 1 saturated heterocycles. The van der Waals surface area contributed by atoms with Crippen LogP contribution in [-0.2, 0) is 14.8 Å². The molecule has 0 bridgehead atoms. The van der Waals surface area contributed by atoms with Crippen LogP contribution in [0, 0.1) is 10.1 Å². The van der Waals surface area contributed by atoms with Gasteiger partial charge in [0.25, 0.3) is 11.6 Å². The number of hydrazone groups is 1. The van der Waals surface area contributed by atoms with E-state index in [2.05, 4.69) is 10.1 Å². The fourth-order valence-electron chi connectivity index (χ4n) is 4.35. The Balaban J connectivity index is 1.44. The number of fused-ring (bicyclic) bond motifs is 1. The zero-order valence-corrected chi connectivity index (χ0v) is 24.4. The minimum atomic E-state index is -3.79. The highest BCUT2D eigenvalue weighted by atomic mass is 32.2. The molecule has 1 amide bonds. The van der Waals surface area contributed by atoms with Gasteiger partial charge in [0.15, 0.2) is 0 Å². The largest absolute Gasteiger partial charge is 0.497 e. The van der Waals surface area contributed by atoms with Gasteiger partial charge in [-0.25, -0.2) is 13.4 Å². The number of carbonyl (C=O) groups is 1. The first-order valence-electron chi connectivity index (χ1n) is 12.9. The van der Waals surface area contributed by atoms with Gasteiger partial charge in [-0.15, -0.1) is 0 Å². The van der Waals surface area contributed by atoms with Crippen LogP contribution in [0.4, 0.5) is 10.8 Å². The number of nitrogens with zero attached hydrogens (tertiary/aromatic N) is 5. The molecule has 2 heterocycles. The molecule has 218 valence electrons. The molecule has 0 aliphatic carbocycles. The van der Waals surface area contributed by atoms with Gasteiger partial charge >= 0.3 is 0 Å². The lowest BCUT2D eigenvalue weighted by Gasteiger charge is -2.20. The number of nitro groups is 1. The van der Waals surface area contributed by atoms with Gasteiger partial charge in [-0.05, 0) is 73.0 Å². The highest BCUT2D eigenvalue weighted by Crippen LogP contribution is 2.32. The van der Waals surface area contributed by atoms with E-state index >= 15 is 0 Å². The van der Waals surface area contributed by atoms with Gasteiger partial charge in [0.1, 0.15) is 5.75 Å². The number of carbonyl (C=O) groups excluding carboxylic acids is 1. The standard InChI is InChI=1S/C28H27N5O7S2/c1-31(18-23-4-3-15-40-23)42(37,38)24-12-7-20(8-13-24)27(34)32(29-17-19-5-9-21(10-6-19)33(35)36)28-30-25-14-11-22(39-2)16-26(25)41-28/h5-14,16-17,23H,3-4,15,18H2,1-2H3/b29-17+. The van der Waals surface area contributed by atoms with Gasteiger partial charge in [0, 0.05) is 37.9 Å². The van der Waals surface area contributed by atoms with Crippen molar-refractivity contribution in [2.24, 2.45) is 5.10 Å². The molecule has 14 heteroatoms. The van der Waals surface area contributed by atoms with Crippen LogP contribution in [0.3, 0.4) is 0 Å². The monoisotopic (exact) mass is 609 g/mol. The number of rotatable bonds is 10. The van der Waals surface area contributed by atoms with E-state index in [1.165, 1.54) is 77.4 Å². The second kappa shape index (κ2) is 12.3. The molecule has 5 rings (SSSR count). The smallest absolute Gasteiger partial charge is 0.280 e. The average Bonchev–Trinajstić information content (AvgIpc) is 3.67. The Morgan fingerprint density at radius 1 is 1.19 bits per heavy atom. The number of benzene rings is 3. The molecule has 4 aromatic rings. The zero-order valence-electron chi connectivity index (χ0n) is 22.7. The molecule has 42 heavy (non-hydrogen) atoms. The van der Waals surface area contributed by atoms with Crippen molar-refractivity contribution in [3.05, 3.63) is 88.0 Å². The fraction of sp³-hybridized carbons (Fsp3) is 0.250. The Kier molecular flexibility index (Phi) is 8.59. The van der Waals surface area contributed by atoms with Crippen molar-refractivity contribution in [3.8, 4) is 5.75 Å². The van der Waals surface area contributed by atoms with E-state index < -0.39 is 20.9 Å². The van der Waals surface area contributed by atoms with Crippen molar-refractivity contribution in [2.75, 3.05) is 32.3 Å². The highest BCUT2D eigenvalue weighted by molar-refractivity contribution is 7.89. The molecule has 12 nitrogen and oxygen atoms in total. The molecule has 0 saturated carbocycles. The number of non-ortho nitro benzene ring substituents is 1. The summed E-state index contributed by atoms with van der Waals surface area (Å²) in [5.74, 6) is 0.0852.